The second kappa shape index (κ2) is 8.05. The van der Waals surface area contributed by atoms with Crippen molar-refractivity contribution in [3.8, 4) is 11.5 Å². The van der Waals surface area contributed by atoms with Crippen LogP contribution in [0, 0.1) is 10.1 Å². The Morgan fingerprint density at radius 2 is 1.86 bits per heavy atom. The first-order chi connectivity index (χ1) is 13.7. The van der Waals surface area contributed by atoms with E-state index in [-0.39, 0.29) is 36.5 Å². The summed E-state index contributed by atoms with van der Waals surface area (Å²) in [5, 5.41) is 11.5. The molecule has 28 heavy (non-hydrogen) atoms. The first kappa shape index (κ1) is 18.5. The van der Waals surface area contributed by atoms with Crippen LogP contribution in [0.5, 0.6) is 11.5 Å². The third-order valence-corrected chi connectivity index (χ3v) is 7.51. The predicted octanol–water partition coefficient (Wildman–Crippen LogP) is 4.10. The summed E-state index contributed by atoms with van der Waals surface area (Å²) in [5.74, 6) is 1.65. The minimum absolute atomic E-state index is 0.134. The summed E-state index contributed by atoms with van der Waals surface area (Å²) in [7, 11) is 1.64. The van der Waals surface area contributed by atoms with Crippen LogP contribution in [-0.2, 0) is 6.42 Å². The summed E-state index contributed by atoms with van der Waals surface area (Å²) in [6, 6.07) is 22.9. The molecule has 6 heteroatoms. The normalized spacial score (nSPS) is 18.0. The van der Waals surface area contributed by atoms with Crippen LogP contribution >= 0.6 is 0 Å². The molecule has 0 aromatic heterocycles. The zero-order valence-electron chi connectivity index (χ0n) is 15.3. The Hall–Kier alpha value is -2.82. The van der Waals surface area contributed by atoms with Crippen LogP contribution < -0.4 is 13.9 Å². The van der Waals surface area contributed by atoms with Gasteiger partial charge in [0.05, 0.1) is 0 Å². The molecule has 0 unspecified atom stereocenters. The molecule has 0 saturated heterocycles. The van der Waals surface area contributed by atoms with Gasteiger partial charge in [0.1, 0.15) is 0 Å². The summed E-state index contributed by atoms with van der Waals surface area (Å²) in [5.41, 5.74) is 2.36. The minimum atomic E-state index is -0.296. The van der Waals surface area contributed by atoms with Gasteiger partial charge in [0, 0.05) is 0 Å². The van der Waals surface area contributed by atoms with E-state index >= 15 is 0 Å². The van der Waals surface area contributed by atoms with Gasteiger partial charge in [-0.05, 0) is 0 Å². The van der Waals surface area contributed by atoms with Crippen LogP contribution in [0.2, 0.25) is 4.82 Å². The second-order valence-corrected chi connectivity index (χ2v) is 9.20. The van der Waals surface area contributed by atoms with Gasteiger partial charge < -0.3 is 0 Å². The zero-order chi connectivity index (χ0) is 19.5. The number of hydrogen-bond acceptors (Lipinski definition) is 4. The molecule has 1 aliphatic heterocycles. The fourth-order valence-corrected chi connectivity index (χ4v) is 6.22. The van der Waals surface area contributed by atoms with Crippen molar-refractivity contribution in [2.75, 3.05) is 7.11 Å². The monoisotopic (exact) mass is 441 g/mol. The van der Waals surface area contributed by atoms with Crippen LogP contribution in [0.25, 0.3) is 0 Å². The molecule has 3 aromatic carbocycles. The standard InChI is InChI=1S/C22H19NO4Se/c1-26-17-9-6-8-16(13-17)22-21(14-15-7-2-4-11-19(15)27-22)28-20-12-5-3-10-18(20)23(24)25/h2-13,21-22H,14H2,1H3/t21-,22+/m0/s1. The van der Waals surface area contributed by atoms with E-state index in [0.29, 0.717) is 0 Å². The Bertz CT molecular complexity index is 1010. The van der Waals surface area contributed by atoms with Crippen LogP contribution in [0.1, 0.15) is 17.2 Å². The molecule has 1 aliphatic rings. The van der Waals surface area contributed by atoms with E-state index in [2.05, 4.69) is 6.07 Å². The van der Waals surface area contributed by atoms with E-state index in [1.165, 1.54) is 0 Å². The third-order valence-electron chi connectivity index (χ3n) is 4.75. The molecular formula is C22H19NO4Se. The molecule has 0 amide bonds. The number of rotatable bonds is 5. The fraction of sp³-hybridized carbons (Fsp3) is 0.182. The van der Waals surface area contributed by atoms with E-state index in [0.717, 1.165) is 33.5 Å². The number of nitro groups is 1. The van der Waals surface area contributed by atoms with Crippen molar-refractivity contribution >= 4 is 25.1 Å². The van der Waals surface area contributed by atoms with E-state index < -0.39 is 0 Å². The molecule has 0 aliphatic carbocycles. The molecular weight excluding hydrogens is 421 g/mol. The summed E-state index contributed by atoms with van der Waals surface area (Å²) >= 11 is -0.134. The number of hydrogen-bond donors (Lipinski definition) is 0. The van der Waals surface area contributed by atoms with Gasteiger partial charge in [-0.1, -0.05) is 0 Å². The third kappa shape index (κ3) is 3.74. The Morgan fingerprint density at radius 1 is 1.07 bits per heavy atom. The maximum absolute atomic E-state index is 11.5. The average molecular weight is 440 g/mol. The first-order valence-electron chi connectivity index (χ1n) is 8.94. The maximum atomic E-state index is 11.5. The van der Waals surface area contributed by atoms with Crippen molar-refractivity contribution in [3.05, 3.63) is 94.0 Å². The molecule has 0 saturated carbocycles. The molecule has 0 N–H and O–H groups in total. The van der Waals surface area contributed by atoms with E-state index in [1.807, 2.05) is 54.6 Å². The number of benzene rings is 3. The number of methoxy groups -OCH3 is 1. The predicted molar refractivity (Wildman–Crippen MR) is 109 cm³/mol. The first-order valence-corrected chi connectivity index (χ1v) is 10.8. The summed E-state index contributed by atoms with van der Waals surface area (Å²) in [4.78, 5) is 11.3. The van der Waals surface area contributed by atoms with Gasteiger partial charge in [-0.3, -0.25) is 0 Å². The second-order valence-electron chi connectivity index (χ2n) is 6.51. The van der Waals surface area contributed by atoms with Gasteiger partial charge in [-0.15, -0.1) is 0 Å². The van der Waals surface area contributed by atoms with Gasteiger partial charge in [0.2, 0.25) is 0 Å². The molecule has 0 bridgehead atoms. The van der Waals surface area contributed by atoms with Gasteiger partial charge in [-0.25, -0.2) is 0 Å². The average Bonchev–Trinajstić information content (AvgIpc) is 2.73. The van der Waals surface area contributed by atoms with Gasteiger partial charge in [0.15, 0.2) is 0 Å². The van der Waals surface area contributed by atoms with Crippen LogP contribution in [0.4, 0.5) is 5.69 Å². The number of para-hydroxylation sites is 2. The molecule has 0 fully saturated rings. The Morgan fingerprint density at radius 3 is 2.68 bits per heavy atom. The van der Waals surface area contributed by atoms with Crippen molar-refractivity contribution in [3.63, 3.8) is 0 Å². The van der Waals surface area contributed by atoms with Crippen LogP contribution in [0.15, 0.2) is 72.8 Å². The molecule has 2 atom stereocenters. The van der Waals surface area contributed by atoms with Crippen molar-refractivity contribution in [2.24, 2.45) is 0 Å². The summed E-state index contributed by atoms with van der Waals surface area (Å²) in [6.45, 7) is 0. The zero-order valence-corrected chi connectivity index (χ0v) is 17.0. The molecule has 0 radical (unpaired) electrons. The van der Waals surface area contributed by atoms with Crippen molar-refractivity contribution in [1.29, 1.82) is 0 Å². The van der Waals surface area contributed by atoms with E-state index in [9.17, 15) is 10.1 Å². The quantitative estimate of drug-likeness (QED) is 0.341. The Labute approximate surface area is 169 Å². The summed E-state index contributed by atoms with van der Waals surface area (Å²) in [6.07, 6.45) is 0.647. The van der Waals surface area contributed by atoms with Crippen molar-refractivity contribution in [1.82, 2.24) is 0 Å². The van der Waals surface area contributed by atoms with E-state index in [1.54, 1.807) is 19.2 Å². The topological polar surface area (TPSA) is 61.6 Å². The van der Waals surface area contributed by atoms with Gasteiger partial charge in [0.25, 0.3) is 0 Å². The van der Waals surface area contributed by atoms with Gasteiger partial charge in [-0.2, -0.15) is 0 Å². The SMILES string of the molecule is COc1cccc([C@H]2Oc3ccccc3C[C@@H]2[Se]c2ccccc2[N+](=O)[O-])c1. The summed E-state index contributed by atoms with van der Waals surface area (Å²) < 4.78 is 12.6. The number of nitro benzene ring substituents is 1. The molecule has 4 rings (SSSR count). The molecule has 5 nitrogen and oxygen atoms in total. The fourth-order valence-electron chi connectivity index (χ4n) is 3.40. The van der Waals surface area contributed by atoms with Crippen molar-refractivity contribution in [2.45, 2.75) is 17.3 Å². The van der Waals surface area contributed by atoms with E-state index in [4.69, 9.17) is 9.47 Å². The Balaban J connectivity index is 1.73. The number of nitrogens with zero attached hydrogens (tertiary/aromatic N) is 1. The molecule has 3 aromatic rings. The van der Waals surface area contributed by atoms with Crippen LogP contribution in [-0.4, -0.2) is 27.0 Å². The molecule has 0 spiro atoms. The van der Waals surface area contributed by atoms with Crippen LogP contribution in [0.3, 0.4) is 0 Å². The molecule has 142 valence electrons. The number of ether oxygens (including phenoxy) is 2. The Kier molecular flexibility index (Phi) is 5.33. The van der Waals surface area contributed by atoms with Gasteiger partial charge >= 0.3 is 169 Å². The van der Waals surface area contributed by atoms with Crippen molar-refractivity contribution < 1.29 is 14.4 Å². The number of fused-ring (bicyclic) bond motifs is 1. The molecule has 1 heterocycles.